The smallest absolute Gasteiger partial charge is 0.00730 e. The lowest BCUT2D eigenvalue weighted by molar-refractivity contribution is 0.322. The van der Waals surface area contributed by atoms with Gasteiger partial charge in [-0.1, -0.05) is 6.42 Å². The van der Waals surface area contributed by atoms with Crippen LogP contribution < -0.4 is 5.32 Å². The Bertz CT molecular complexity index is 305. The minimum atomic E-state index is 0.730. The molecule has 15 heavy (non-hydrogen) atoms. The highest BCUT2D eigenvalue weighted by Crippen LogP contribution is 2.20. The molecule has 0 bridgehead atoms. The van der Waals surface area contributed by atoms with E-state index in [1.807, 2.05) is 11.3 Å². The van der Waals surface area contributed by atoms with Crippen molar-refractivity contribution < 1.29 is 0 Å². The summed E-state index contributed by atoms with van der Waals surface area (Å²) in [6.07, 6.45) is 6.69. The Kier molecular flexibility index (Phi) is 3.81. The Balaban J connectivity index is 1.77. The van der Waals surface area contributed by atoms with E-state index in [2.05, 4.69) is 31.3 Å². The average molecular weight is 223 g/mol. The summed E-state index contributed by atoms with van der Waals surface area (Å²) in [6.45, 7) is 4.50. The first kappa shape index (κ1) is 11.2. The summed E-state index contributed by atoms with van der Waals surface area (Å²) in [4.78, 5) is 2.99. The summed E-state index contributed by atoms with van der Waals surface area (Å²) in [5.74, 6) is 0. The molecule has 1 fully saturated rings. The minimum absolute atomic E-state index is 0.730. The Morgan fingerprint density at radius 1 is 1.40 bits per heavy atom. The molecule has 2 rings (SSSR count). The predicted molar refractivity (Wildman–Crippen MR) is 67.6 cm³/mol. The molecule has 2 unspecified atom stereocenters. The molecule has 2 heteroatoms. The number of thiophene rings is 1. The third-order valence-electron chi connectivity index (χ3n) is 3.25. The van der Waals surface area contributed by atoms with Crippen LogP contribution in [0.1, 0.15) is 42.4 Å². The van der Waals surface area contributed by atoms with Crippen molar-refractivity contribution in [3.05, 3.63) is 21.9 Å². The van der Waals surface area contributed by atoms with Gasteiger partial charge < -0.3 is 5.32 Å². The minimum Gasteiger partial charge on any atom is -0.311 e. The van der Waals surface area contributed by atoms with Crippen molar-refractivity contribution in [3.8, 4) is 0 Å². The van der Waals surface area contributed by atoms with Gasteiger partial charge in [0.25, 0.3) is 0 Å². The van der Waals surface area contributed by atoms with Gasteiger partial charge in [0.1, 0.15) is 0 Å². The first-order valence-corrected chi connectivity index (χ1v) is 6.87. The van der Waals surface area contributed by atoms with Crippen LogP contribution in [-0.4, -0.2) is 12.1 Å². The Morgan fingerprint density at radius 2 is 2.27 bits per heavy atom. The first-order chi connectivity index (χ1) is 7.24. The Hall–Kier alpha value is -0.340. The van der Waals surface area contributed by atoms with E-state index in [0.29, 0.717) is 0 Å². The summed E-state index contributed by atoms with van der Waals surface area (Å²) in [5.41, 5.74) is 0. The zero-order valence-corrected chi connectivity index (χ0v) is 10.6. The van der Waals surface area contributed by atoms with E-state index in [1.165, 1.54) is 37.0 Å². The molecule has 1 aromatic rings. The molecular formula is C13H21NS. The van der Waals surface area contributed by atoms with Crippen LogP contribution in [0.15, 0.2) is 12.1 Å². The van der Waals surface area contributed by atoms with E-state index < -0.39 is 0 Å². The lowest BCUT2D eigenvalue weighted by Crippen LogP contribution is -2.40. The third-order valence-corrected chi connectivity index (χ3v) is 4.31. The highest BCUT2D eigenvalue weighted by molar-refractivity contribution is 7.11. The lowest BCUT2D eigenvalue weighted by Gasteiger charge is -2.28. The summed E-state index contributed by atoms with van der Waals surface area (Å²) in [5, 5.41) is 3.70. The van der Waals surface area contributed by atoms with Gasteiger partial charge in [0.15, 0.2) is 0 Å². The van der Waals surface area contributed by atoms with Crippen LogP contribution in [0.5, 0.6) is 0 Å². The molecule has 0 spiro atoms. The second kappa shape index (κ2) is 5.13. The van der Waals surface area contributed by atoms with Crippen molar-refractivity contribution in [2.45, 2.75) is 58.0 Å². The van der Waals surface area contributed by atoms with E-state index >= 15 is 0 Å². The van der Waals surface area contributed by atoms with E-state index in [-0.39, 0.29) is 0 Å². The second-order valence-corrected chi connectivity index (χ2v) is 6.12. The standard InChI is InChI=1S/C13H21NS/c1-10-4-3-5-12(14-10)7-9-13-8-6-11(2)15-13/h6,8,10,12,14H,3-5,7,9H2,1-2H3. The maximum Gasteiger partial charge on any atom is 0.00730 e. The highest BCUT2D eigenvalue weighted by atomic mass is 32.1. The average Bonchev–Trinajstić information content (AvgIpc) is 2.62. The molecule has 0 aromatic carbocycles. The van der Waals surface area contributed by atoms with Crippen molar-refractivity contribution in [3.63, 3.8) is 0 Å². The lowest BCUT2D eigenvalue weighted by atomic mass is 9.96. The number of nitrogens with one attached hydrogen (secondary N) is 1. The van der Waals surface area contributed by atoms with Gasteiger partial charge in [-0.15, -0.1) is 11.3 Å². The van der Waals surface area contributed by atoms with Gasteiger partial charge in [0, 0.05) is 21.8 Å². The number of piperidine rings is 1. The zero-order chi connectivity index (χ0) is 10.7. The molecular weight excluding hydrogens is 202 g/mol. The molecule has 84 valence electrons. The van der Waals surface area contributed by atoms with Crippen LogP contribution in [-0.2, 0) is 6.42 Å². The van der Waals surface area contributed by atoms with Crippen molar-refractivity contribution >= 4 is 11.3 Å². The van der Waals surface area contributed by atoms with Crippen molar-refractivity contribution in [1.29, 1.82) is 0 Å². The molecule has 1 nitrogen and oxygen atoms in total. The van der Waals surface area contributed by atoms with E-state index in [4.69, 9.17) is 0 Å². The van der Waals surface area contributed by atoms with Crippen LogP contribution in [0.3, 0.4) is 0 Å². The largest absolute Gasteiger partial charge is 0.311 e. The second-order valence-electron chi connectivity index (χ2n) is 4.75. The molecule has 1 saturated heterocycles. The van der Waals surface area contributed by atoms with Crippen LogP contribution in [0, 0.1) is 6.92 Å². The summed E-state index contributed by atoms with van der Waals surface area (Å²) < 4.78 is 0. The van der Waals surface area contributed by atoms with Gasteiger partial charge >= 0.3 is 0 Å². The normalized spacial score (nSPS) is 26.8. The van der Waals surface area contributed by atoms with Gasteiger partial charge in [-0.25, -0.2) is 0 Å². The summed E-state index contributed by atoms with van der Waals surface area (Å²) in [7, 11) is 0. The van der Waals surface area contributed by atoms with Crippen molar-refractivity contribution in [1.82, 2.24) is 5.32 Å². The topological polar surface area (TPSA) is 12.0 Å². The number of rotatable bonds is 3. The van der Waals surface area contributed by atoms with Crippen molar-refractivity contribution in [2.75, 3.05) is 0 Å². The van der Waals surface area contributed by atoms with E-state index in [1.54, 1.807) is 4.88 Å². The monoisotopic (exact) mass is 223 g/mol. The molecule has 0 amide bonds. The van der Waals surface area contributed by atoms with Gasteiger partial charge in [-0.3, -0.25) is 0 Å². The van der Waals surface area contributed by atoms with Crippen LogP contribution in [0.25, 0.3) is 0 Å². The molecule has 0 aliphatic carbocycles. The first-order valence-electron chi connectivity index (χ1n) is 6.05. The van der Waals surface area contributed by atoms with Crippen LogP contribution in [0.2, 0.25) is 0 Å². The summed E-state index contributed by atoms with van der Waals surface area (Å²) >= 11 is 1.95. The van der Waals surface area contributed by atoms with Crippen molar-refractivity contribution in [2.24, 2.45) is 0 Å². The van der Waals surface area contributed by atoms with E-state index in [0.717, 1.165) is 12.1 Å². The molecule has 2 heterocycles. The van der Waals surface area contributed by atoms with E-state index in [9.17, 15) is 0 Å². The molecule has 1 aromatic heterocycles. The van der Waals surface area contributed by atoms with Gasteiger partial charge in [0.2, 0.25) is 0 Å². The fourth-order valence-corrected chi connectivity index (χ4v) is 3.31. The highest BCUT2D eigenvalue weighted by Gasteiger charge is 2.17. The SMILES string of the molecule is Cc1ccc(CCC2CCCC(C)N2)s1. The molecule has 1 aliphatic rings. The number of hydrogen-bond donors (Lipinski definition) is 1. The summed E-state index contributed by atoms with van der Waals surface area (Å²) in [6, 6.07) is 6.01. The van der Waals surface area contributed by atoms with Crippen LogP contribution in [0.4, 0.5) is 0 Å². The van der Waals surface area contributed by atoms with Gasteiger partial charge in [-0.2, -0.15) is 0 Å². The zero-order valence-electron chi connectivity index (χ0n) is 9.75. The Labute approximate surface area is 96.9 Å². The third kappa shape index (κ3) is 3.32. The number of aryl methyl sites for hydroxylation is 2. The maximum atomic E-state index is 3.70. The number of hydrogen-bond acceptors (Lipinski definition) is 2. The quantitative estimate of drug-likeness (QED) is 0.826. The van der Waals surface area contributed by atoms with Gasteiger partial charge in [-0.05, 0) is 51.7 Å². The van der Waals surface area contributed by atoms with Crippen LogP contribution >= 0.6 is 11.3 Å². The fraction of sp³-hybridized carbons (Fsp3) is 0.692. The predicted octanol–water partition coefficient (Wildman–Crippen LogP) is 3.52. The molecule has 0 radical (unpaired) electrons. The molecule has 0 saturated carbocycles. The maximum absolute atomic E-state index is 3.70. The van der Waals surface area contributed by atoms with Gasteiger partial charge in [0.05, 0.1) is 0 Å². The Morgan fingerprint density at radius 3 is 2.93 bits per heavy atom. The fourth-order valence-electron chi connectivity index (χ4n) is 2.40. The molecule has 1 N–H and O–H groups in total. The molecule has 1 aliphatic heterocycles. The molecule has 2 atom stereocenters.